The van der Waals surface area contributed by atoms with Crippen molar-refractivity contribution in [3.05, 3.63) is 29.3 Å². The van der Waals surface area contributed by atoms with Gasteiger partial charge in [0.1, 0.15) is 0 Å². The van der Waals surface area contributed by atoms with Crippen molar-refractivity contribution in [1.29, 1.82) is 0 Å². The van der Waals surface area contributed by atoms with E-state index in [1.807, 2.05) is 18.2 Å². The van der Waals surface area contributed by atoms with Crippen LogP contribution in [0.3, 0.4) is 0 Å². The number of ether oxygens (including phenoxy) is 2. The van der Waals surface area contributed by atoms with Crippen LogP contribution in [0.25, 0.3) is 6.08 Å². The molecule has 0 amide bonds. The van der Waals surface area contributed by atoms with Gasteiger partial charge in [-0.05, 0) is 73.3 Å². The summed E-state index contributed by atoms with van der Waals surface area (Å²) >= 11 is 0. The highest BCUT2D eigenvalue weighted by Crippen LogP contribution is 2.41. The van der Waals surface area contributed by atoms with E-state index in [-0.39, 0.29) is 5.92 Å². The highest BCUT2D eigenvalue weighted by atomic mass is 16.5. The molecule has 2 aliphatic carbocycles. The first-order chi connectivity index (χ1) is 12.6. The molecular formula is C23H32O3. The molecule has 0 heterocycles. The Balaban J connectivity index is 1.69. The number of Topliss-reactive ketones (excluding diaryl/α,β-unsaturated/α-hetero) is 1. The highest BCUT2D eigenvalue weighted by molar-refractivity contribution is 6.03. The van der Waals surface area contributed by atoms with Crippen molar-refractivity contribution in [2.24, 2.45) is 17.8 Å². The van der Waals surface area contributed by atoms with Crippen LogP contribution < -0.4 is 9.47 Å². The zero-order valence-electron chi connectivity index (χ0n) is 16.4. The quantitative estimate of drug-likeness (QED) is 0.590. The average molecular weight is 357 g/mol. The molecule has 1 atom stereocenters. The summed E-state index contributed by atoms with van der Waals surface area (Å²) in [6, 6.07) is 5.96. The molecule has 0 bridgehead atoms. The van der Waals surface area contributed by atoms with E-state index in [4.69, 9.17) is 9.47 Å². The zero-order valence-corrected chi connectivity index (χ0v) is 16.4. The van der Waals surface area contributed by atoms with Gasteiger partial charge >= 0.3 is 0 Å². The molecule has 0 aliphatic heterocycles. The van der Waals surface area contributed by atoms with Gasteiger partial charge < -0.3 is 9.47 Å². The van der Waals surface area contributed by atoms with Crippen molar-refractivity contribution in [2.45, 2.75) is 58.8 Å². The summed E-state index contributed by atoms with van der Waals surface area (Å²) < 4.78 is 11.4. The third kappa shape index (κ3) is 4.49. The Labute approximate surface area is 157 Å². The van der Waals surface area contributed by atoms with Crippen LogP contribution >= 0.6 is 0 Å². The standard InChI is InChI=1S/C23H32O3/c1-16(2)12-13-26-21-11-8-17(15-22(21)25-3)14-19-9-10-20(23(19)24)18-6-4-5-7-18/h8,11,14-16,18,20H,4-7,9-10,12-13H2,1-3H3. The first kappa shape index (κ1) is 19.0. The molecule has 0 saturated heterocycles. The van der Waals surface area contributed by atoms with Crippen LogP contribution in [-0.4, -0.2) is 19.5 Å². The summed E-state index contributed by atoms with van der Waals surface area (Å²) in [6.45, 7) is 5.07. The minimum atomic E-state index is 0.268. The van der Waals surface area contributed by atoms with E-state index >= 15 is 0 Å². The van der Waals surface area contributed by atoms with Gasteiger partial charge in [0.25, 0.3) is 0 Å². The minimum absolute atomic E-state index is 0.268. The van der Waals surface area contributed by atoms with Crippen molar-refractivity contribution in [2.75, 3.05) is 13.7 Å². The molecular weight excluding hydrogens is 324 g/mol. The lowest BCUT2D eigenvalue weighted by Crippen LogP contribution is -2.16. The largest absolute Gasteiger partial charge is 0.493 e. The summed E-state index contributed by atoms with van der Waals surface area (Å²) in [4.78, 5) is 12.8. The molecule has 1 aromatic rings. The van der Waals surface area contributed by atoms with Crippen LogP contribution in [0.5, 0.6) is 11.5 Å². The highest BCUT2D eigenvalue weighted by Gasteiger charge is 2.36. The number of hydrogen-bond acceptors (Lipinski definition) is 3. The van der Waals surface area contributed by atoms with E-state index in [0.717, 1.165) is 41.9 Å². The normalized spacial score (nSPS) is 22.5. The van der Waals surface area contributed by atoms with Gasteiger partial charge in [0.05, 0.1) is 13.7 Å². The van der Waals surface area contributed by atoms with Crippen molar-refractivity contribution in [3.63, 3.8) is 0 Å². The second kappa shape index (κ2) is 8.75. The summed E-state index contributed by atoms with van der Waals surface area (Å²) in [5.41, 5.74) is 2.01. The molecule has 26 heavy (non-hydrogen) atoms. The van der Waals surface area contributed by atoms with Gasteiger partial charge in [-0.25, -0.2) is 0 Å². The Hall–Kier alpha value is -1.77. The van der Waals surface area contributed by atoms with Crippen LogP contribution in [0.15, 0.2) is 23.8 Å². The summed E-state index contributed by atoms with van der Waals surface area (Å²) in [6.07, 6.45) is 10.1. The molecule has 2 fully saturated rings. The van der Waals surface area contributed by atoms with E-state index < -0.39 is 0 Å². The SMILES string of the molecule is COc1cc(C=C2CCC(C3CCCC3)C2=O)ccc1OCCC(C)C. The minimum Gasteiger partial charge on any atom is -0.493 e. The number of rotatable bonds is 7. The fourth-order valence-electron chi connectivity index (χ4n) is 4.26. The second-order valence-electron chi connectivity index (χ2n) is 8.16. The molecule has 0 N–H and O–H groups in total. The zero-order chi connectivity index (χ0) is 18.5. The average Bonchev–Trinajstić information content (AvgIpc) is 3.26. The Morgan fingerprint density at radius 3 is 2.62 bits per heavy atom. The molecule has 2 saturated carbocycles. The third-order valence-electron chi connectivity index (χ3n) is 5.83. The lowest BCUT2D eigenvalue weighted by atomic mass is 9.88. The molecule has 3 heteroatoms. The molecule has 142 valence electrons. The first-order valence-corrected chi connectivity index (χ1v) is 10.1. The summed E-state index contributed by atoms with van der Waals surface area (Å²) in [5, 5.41) is 0. The van der Waals surface area contributed by atoms with E-state index in [0.29, 0.717) is 24.2 Å². The Bertz CT molecular complexity index is 653. The maximum atomic E-state index is 12.8. The molecule has 3 rings (SSSR count). The molecule has 2 aliphatic rings. The van der Waals surface area contributed by atoms with Gasteiger partial charge in [-0.15, -0.1) is 0 Å². The number of carbonyl (C=O) groups excluding carboxylic acids is 1. The van der Waals surface area contributed by atoms with Crippen molar-refractivity contribution in [1.82, 2.24) is 0 Å². The lowest BCUT2D eigenvalue weighted by Gasteiger charge is -2.15. The monoisotopic (exact) mass is 356 g/mol. The smallest absolute Gasteiger partial charge is 0.162 e. The van der Waals surface area contributed by atoms with Crippen molar-refractivity contribution in [3.8, 4) is 11.5 Å². The molecule has 3 nitrogen and oxygen atoms in total. The van der Waals surface area contributed by atoms with Gasteiger partial charge in [0, 0.05) is 5.92 Å². The van der Waals surface area contributed by atoms with Crippen molar-refractivity contribution < 1.29 is 14.3 Å². The van der Waals surface area contributed by atoms with Crippen LogP contribution in [0.1, 0.15) is 64.4 Å². The first-order valence-electron chi connectivity index (χ1n) is 10.1. The van der Waals surface area contributed by atoms with E-state index in [2.05, 4.69) is 19.9 Å². The fraction of sp³-hybridized carbons (Fsp3) is 0.609. The number of hydrogen-bond donors (Lipinski definition) is 0. The van der Waals surface area contributed by atoms with Gasteiger partial charge in [0.15, 0.2) is 17.3 Å². The number of methoxy groups -OCH3 is 1. The maximum absolute atomic E-state index is 12.8. The van der Waals surface area contributed by atoms with Gasteiger partial charge in [-0.1, -0.05) is 32.8 Å². The van der Waals surface area contributed by atoms with Crippen LogP contribution in [0, 0.1) is 17.8 Å². The Kier molecular flexibility index (Phi) is 6.39. The number of ketones is 1. The van der Waals surface area contributed by atoms with Gasteiger partial charge in [-0.2, -0.15) is 0 Å². The van der Waals surface area contributed by atoms with Crippen molar-refractivity contribution >= 4 is 11.9 Å². The van der Waals surface area contributed by atoms with Crippen LogP contribution in [-0.2, 0) is 4.79 Å². The van der Waals surface area contributed by atoms with Gasteiger partial charge in [0.2, 0.25) is 0 Å². The van der Waals surface area contributed by atoms with E-state index in [1.165, 1.54) is 25.7 Å². The topological polar surface area (TPSA) is 35.5 Å². The lowest BCUT2D eigenvalue weighted by molar-refractivity contribution is -0.119. The maximum Gasteiger partial charge on any atom is 0.162 e. The van der Waals surface area contributed by atoms with Crippen LogP contribution in [0.4, 0.5) is 0 Å². The van der Waals surface area contributed by atoms with Gasteiger partial charge in [-0.3, -0.25) is 4.79 Å². The summed E-state index contributed by atoms with van der Waals surface area (Å²) in [7, 11) is 1.67. The Morgan fingerprint density at radius 1 is 1.15 bits per heavy atom. The van der Waals surface area contributed by atoms with E-state index in [9.17, 15) is 4.79 Å². The number of carbonyl (C=O) groups is 1. The fourth-order valence-corrected chi connectivity index (χ4v) is 4.26. The predicted molar refractivity (Wildman–Crippen MR) is 106 cm³/mol. The molecule has 1 unspecified atom stereocenters. The predicted octanol–water partition coefficient (Wildman–Crippen LogP) is 5.67. The molecule has 0 spiro atoms. The molecule has 0 radical (unpaired) electrons. The Morgan fingerprint density at radius 2 is 1.92 bits per heavy atom. The second-order valence-corrected chi connectivity index (χ2v) is 8.16. The third-order valence-corrected chi connectivity index (χ3v) is 5.83. The molecule has 0 aromatic heterocycles. The summed E-state index contributed by atoms with van der Waals surface area (Å²) in [5.74, 6) is 3.40. The van der Waals surface area contributed by atoms with E-state index in [1.54, 1.807) is 7.11 Å². The number of allylic oxidation sites excluding steroid dienone is 1. The van der Waals surface area contributed by atoms with Crippen LogP contribution in [0.2, 0.25) is 0 Å². The molecule has 1 aromatic carbocycles. The number of benzene rings is 1.